The average molecular weight is 237 g/mol. The van der Waals surface area contributed by atoms with Crippen molar-refractivity contribution < 1.29 is 12.3 Å². The molecular weight excluding hydrogens is 227 g/mol. The molecule has 0 fully saturated rings. The van der Waals surface area contributed by atoms with Crippen LogP contribution in [0.25, 0.3) is 0 Å². The van der Waals surface area contributed by atoms with Crippen LogP contribution in [-0.4, -0.2) is 14.2 Å². The molecule has 0 heterocycles. The van der Waals surface area contributed by atoms with Gasteiger partial charge in [0.25, 0.3) is 0 Å². The fourth-order valence-electron chi connectivity index (χ4n) is 1.19. The molecule has 0 bridgehead atoms. The predicted octanol–water partition coefficient (Wildman–Crippen LogP) is 2.74. The van der Waals surface area contributed by atoms with E-state index in [1.807, 2.05) is 0 Å². The minimum absolute atomic E-state index is 0.359. The SMILES string of the molecule is CC(CS(=O)(=O)F)c1ccc(Cl)cc1. The minimum Gasteiger partial charge on any atom is -0.195 e. The monoisotopic (exact) mass is 236 g/mol. The van der Waals surface area contributed by atoms with Crippen LogP contribution in [0.15, 0.2) is 24.3 Å². The Morgan fingerprint density at radius 3 is 2.29 bits per heavy atom. The summed E-state index contributed by atoms with van der Waals surface area (Å²) in [5, 5.41) is 0.573. The molecule has 0 amide bonds. The molecule has 0 aliphatic carbocycles. The fourth-order valence-corrected chi connectivity index (χ4v) is 2.10. The van der Waals surface area contributed by atoms with Gasteiger partial charge in [-0.3, -0.25) is 0 Å². The van der Waals surface area contributed by atoms with E-state index in [9.17, 15) is 12.3 Å². The summed E-state index contributed by atoms with van der Waals surface area (Å²) in [7, 11) is -4.41. The number of hydrogen-bond acceptors (Lipinski definition) is 2. The molecule has 0 saturated heterocycles. The van der Waals surface area contributed by atoms with Crippen LogP contribution < -0.4 is 0 Å². The summed E-state index contributed by atoms with van der Waals surface area (Å²) in [5.74, 6) is -0.850. The zero-order valence-electron chi connectivity index (χ0n) is 7.57. The van der Waals surface area contributed by atoms with Crippen LogP contribution in [0.5, 0.6) is 0 Å². The molecule has 2 nitrogen and oxygen atoms in total. The van der Waals surface area contributed by atoms with Gasteiger partial charge in [-0.15, -0.1) is 3.89 Å². The third kappa shape index (κ3) is 3.64. The molecule has 0 spiro atoms. The molecule has 0 N–H and O–H groups in total. The van der Waals surface area contributed by atoms with Crippen molar-refractivity contribution in [1.29, 1.82) is 0 Å². The first kappa shape index (κ1) is 11.5. The summed E-state index contributed by atoms with van der Waals surface area (Å²) < 4.78 is 33.1. The summed E-state index contributed by atoms with van der Waals surface area (Å²) in [6.45, 7) is 1.65. The fraction of sp³-hybridized carbons (Fsp3) is 0.333. The highest BCUT2D eigenvalue weighted by atomic mass is 35.5. The summed E-state index contributed by atoms with van der Waals surface area (Å²) in [5.41, 5.74) is 0.760. The Morgan fingerprint density at radius 1 is 1.36 bits per heavy atom. The average Bonchev–Trinajstić information content (AvgIpc) is 2.02. The van der Waals surface area contributed by atoms with Crippen molar-refractivity contribution in [2.24, 2.45) is 0 Å². The van der Waals surface area contributed by atoms with Gasteiger partial charge in [0.05, 0.1) is 5.75 Å². The normalized spacial score (nSPS) is 13.9. The minimum atomic E-state index is -4.41. The van der Waals surface area contributed by atoms with Gasteiger partial charge in [-0.1, -0.05) is 30.7 Å². The van der Waals surface area contributed by atoms with Crippen molar-refractivity contribution in [3.8, 4) is 0 Å². The second-order valence-electron chi connectivity index (χ2n) is 3.16. The predicted molar refractivity (Wildman–Crippen MR) is 54.8 cm³/mol. The highest BCUT2D eigenvalue weighted by Gasteiger charge is 2.15. The van der Waals surface area contributed by atoms with Crippen LogP contribution in [0.1, 0.15) is 18.4 Å². The van der Waals surface area contributed by atoms with Gasteiger partial charge >= 0.3 is 10.2 Å². The number of hydrogen-bond donors (Lipinski definition) is 0. The van der Waals surface area contributed by atoms with Crippen LogP contribution in [0.4, 0.5) is 3.89 Å². The van der Waals surface area contributed by atoms with Crippen LogP contribution in [0, 0.1) is 0 Å². The number of rotatable bonds is 3. The van der Waals surface area contributed by atoms with Gasteiger partial charge in [-0.2, -0.15) is 8.42 Å². The quantitative estimate of drug-likeness (QED) is 0.757. The lowest BCUT2D eigenvalue weighted by Crippen LogP contribution is -2.07. The molecule has 1 unspecified atom stereocenters. The van der Waals surface area contributed by atoms with Crippen LogP contribution in [0.2, 0.25) is 5.02 Å². The maximum Gasteiger partial charge on any atom is 0.303 e. The van der Waals surface area contributed by atoms with E-state index in [1.165, 1.54) is 0 Å². The lowest BCUT2D eigenvalue weighted by Gasteiger charge is -2.08. The lowest BCUT2D eigenvalue weighted by molar-refractivity contribution is 0.546. The van der Waals surface area contributed by atoms with Gasteiger partial charge in [0.2, 0.25) is 0 Å². The molecule has 1 aromatic carbocycles. The van der Waals surface area contributed by atoms with Gasteiger partial charge in [-0.25, -0.2) is 0 Å². The standard InChI is InChI=1S/C9H10ClFO2S/c1-7(6-14(11,12)13)8-2-4-9(10)5-3-8/h2-5,7H,6H2,1H3. The van der Waals surface area contributed by atoms with E-state index in [2.05, 4.69) is 0 Å². The van der Waals surface area contributed by atoms with Crippen molar-refractivity contribution in [3.05, 3.63) is 34.9 Å². The third-order valence-electron chi connectivity index (χ3n) is 1.89. The Bertz CT molecular complexity index is 399. The maximum absolute atomic E-state index is 12.4. The van der Waals surface area contributed by atoms with E-state index >= 15 is 0 Å². The Kier molecular flexibility index (Phi) is 3.50. The van der Waals surface area contributed by atoms with Gasteiger partial charge in [0, 0.05) is 5.02 Å². The van der Waals surface area contributed by atoms with E-state index in [4.69, 9.17) is 11.6 Å². The first-order valence-electron chi connectivity index (χ1n) is 4.06. The smallest absolute Gasteiger partial charge is 0.195 e. The second kappa shape index (κ2) is 4.28. The summed E-state index contributed by atoms with van der Waals surface area (Å²) in [4.78, 5) is 0. The second-order valence-corrected chi connectivity index (χ2v) is 5.01. The third-order valence-corrected chi connectivity index (χ3v) is 3.04. The first-order chi connectivity index (χ1) is 6.38. The van der Waals surface area contributed by atoms with Crippen LogP contribution in [-0.2, 0) is 10.2 Å². The molecule has 0 aliphatic rings. The molecule has 5 heteroatoms. The molecule has 78 valence electrons. The van der Waals surface area contributed by atoms with Crippen molar-refractivity contribution in [2.45, 2.75) is 12.8 Å². The first-order valence-corrected chi connectivity index (χ1v) is 5.99. The molecular formula is C9H10ClFO2S. The summed E-state index contributed by atoms with van der Waals surface area (Å²) >= 11 is 5.66. The van der Waals surface area contributed by atoms with Gasteiger partial charge < -0.3 is 0 Å². The van der Waals surface area contributed by atoms with E-state index in [0.29, 0.717) is 5.02 Å². The molecule has 0 aromatic heterocycles. The highest BCUT2D eigenvalue weighted by molar-refractivity contribution is 7.86. The Morgan fingerprint density at radius 2 is 1.86 bits per heavy atom. The zero-order valence-corrected chi connectivity index (χ0v) is 9.15. The Labute approximate surface area is 87.9 Å². The zero-order chi connectivity index (χ0) is 10.8. The molecule has 14 heavy (non-hydrogen) atoms. The summed E-state index contributed by atoms with van der Waals surface area (Å²) in [6.07, 6.45) is 0. The van der Waals surface area contributed by atoms with E-state index < -0.39 is 16.0 Å². The molecule has 0 aliphatic heterocycles. The topological polar surface area (TPSA) is 34.1 Å². The van der Waals surface area contributed by atoms with Crippen molar-refractivity contribution in [2.75, 3.05) is 5.75 Å². The molecule has 1 aromatic rings. The van der Waals surface area contributed by atoms with Gasteiger partial charge in [-0.05, 0) is 23.6 Å². The maximum atomic E-state index is 12.4. The molecule has 1 rings (SSSR count). The van der Waals surface area contributed by atoms with E-state index in [0.717, 1.165) is 5.56 Å². The molecule has 1 atom stereocenters. The lowest BCUT2D eigenvalue weighted by atomic mass is 10.0. The number of benzene rings is 1. The summed E-state index contributed by atoms with van der Waals surface area (Å²) in [6, 6.07) is 6.69. The van der Waals surface area contributed by atoms with Crippen molar-refractivity contribution in [1.82, 2.24) is 0 Å². The van der Waals surface area contributed by atoms with Crippen molar-refractivity contribution in [3.63, 3.8) is 0 Å². The van der Waals surface area contributed by atoms with Crippen molar-refractivity contribution >= 4 is 21.8 Å². The van der Waals surface area contributed by atoms with Crippen LogP contribution >= 0.6 is 11.6 Å². The van der Waals surface area contributed by atoms with Gasteiger partial charge in [0.1, 0.15) is 0 Å². The van der Waals surface area contributed by atoms with Gasteiger partial charge in [0.15, 0.2) is 0 Å². The molecule has 0 radical (unpaired) electrons. The van der Waals surface area contributed by atoms with Crippen LogP contribution in [0.3, 0.4) is 0 Å². The Hall–Kier alpha value is -0.610. The van der Waals surface area contributed by atoms with E-state index in [1.54, 1.807) is 31.2 Å². The molecule has 0 saturated carbocycles. The highest BCUT2D eigenvalue weighted by Crippen LogP contribution is 2.19. The number of halogens is 2. The van der Waals surface area contributed by atoms with E-state index in [-0.39, 0.29) is 5.92 Å². The Balaban J connectivity index is 2.80. The largest absolute Gasteiger partial charge is 0.303 e.